The lowest BCUT2D eigenvalue weighted by Gasteiger charge is -2.27. The lowest BCUT2D eigenvalue weighted by atomic mass is 9.97. The molecule has 140 valence electrons. The second-order valence-corrected chi connectivity index (χ2v) is 8.32. The lowest BCUT2D eigenvalue weighted by molar-refractivity contribution is 0.137. The molecule has 2 atom stereocenters. The summed E-state index contributed by atoms with van der Waals surface area (Å²) in [5.74, 6) is 0. The molecule has 1 N–H and O–H groups in total. The first-order valence-electron chi connectivity index (χ1n) is 9.67. The summed E-state index contributed by atoms with van der Waals surface area (Å²) in [5, 5.41) is 21.2. The fraction of sp³-hybridized carbons (Fsp3) is 0.250. The molecule has 0 aliphatic heterocycles. The molecule has 4 heteroatoms. The Morgan fingerprint density at radius 1 is 0.929 bits per heavy atom. The van der Waals surface area contributed by atoms with Crippen LogP contribution in [0.2, 0.25) is 0 Å². The average molecular weight is 387 g/mol. The van der Waals surface area contributed by atoms with Gasteiger partial charge in [-0.05, 0) is 24.5 Å². The molecular formula is C24H22N2OS. The maximum absolute atomic E-state index is 10.4. The molecule has 1 saturated carbocycles. The van der Waals surface area contributed by atoms with Gasteiger partial charge in [-0.1, -0.05) is 85.3 Å². The van der Waals surface area contributed by atoms with Crippen molar-refractivity contribution in [2.75, 3.05) is 0 Å². The number of aliphatic hydroxyl groups is 1. The van der Waals surface area contributed by atoms with Gasteiger partial charge in [-0.25, -0.2) is 4.98 Å². The van der Waals surface area contributed by atoms with E-state index >= 15 is 0 Å². The van der Waals surface area contributed by atoms with Crippen molar-refractivity contribution in [1.29, 1.82) is 5.26 Å². The van der Waals surface area contributed by atoms with E-state index < -0.39 is 0 Å². The van der Waals surface area contributed by atoms with Crippen molar-refractivity contribution in [3.05, 3.63) is 72.3 Å². The van der Waals surface area contributed by atoms with Crippen LogP contribution >= 0.6 is 11.8 Å². The number of nitrogens with zero attached hydrogens (tertiary/aromatic N) is 2. The number of benzene rings is 2. The lowest BCUT2D eigenvalue weighted by Crippen LogP contribution is -2.27. The van der Waals surface area contributed by atoms with Gasteiger partial charge in [-0.3, -0.25) is 0 Å². The van der Waals surface area contributed by atoms with Gasteiger partial charge < -0.3 is 5.11 Å². The molecule has 1 fully saturated rings. The van der Waals surface area contributed by atoms with Gasteiger partial charge in [0, 0.05) is 16.4 Å². The van der Waals surface area contributed by atoms with Crippen LogP contribution in [0.15, 0.2) is 71.8 Å². The normalized spacial score (nSPS) is 19.1. The largest absolute Gasteiger partial charge is 0.392 e. The monoisotopic (exact) mass is 386 g/mol. The molecule has 3 aromatic rings. The molecule has 1 aliphatic rings. The van der Waals surface area contributed by atoms with Crippen molar-refractivity contribution in [3.8, 4) is 28.5 Å². The molecule has 4 rings (SSSR count). The second-order valence-electron chi connectivity index (χ2n) is 7.09. The summed E-state index contributed by atoms with van der Waals surface area (Å²) in [7, 11) is 0. The number of rotatable bonds is 4. The number of aliphatic hydroxyl groups excluding tert-OH is 1. The predicted octanol–water partition coefficient (Wildman–Crippen LogP) is 5.68. The highest BCUT2D eigenvalue weighted by molar-refractivity contribution is 8.00. The number of aromatic nitrogens is 1. The zero-order chi connectivity index (χ0) is 19.3. The molecular weight excluding hydrogens is 364 g/mol. The Hall–Kier alpha value is -2.61. The smallest absolute Gasteiger partial charge is 0.116 e. The number of thioether (sulfide) groups is 1. The van der Waals surface area contributed by atoms with E-state index in [0.717, 1.165) is 48.1 Å². The van der Waals surface area contributed by atoms with Crippen LogP contribution in [0.1, 0.15) is 31.2 Å². The van der Waals surface area contributed by atoms with Gasteiger partial charge in [0.1, 0.15) is 11.1 Å². The molecule has 0 saturated heterocycles. The van der Waals surface area contributed by atoms with E-state index in [1.54, 1.807) is 11.8 Å². The second kappa shape index (κ2) is 8.60. The van der Waals surface area contributed by atoms with Crippen molar-refractivity contribution in [2.24, 2.45) is 0 Å². The van der Waals surface area contributed by atoms with Crippen LogP contribution in [0.25, 0.3) is 22.4 Å². The molecule has 3 nitrogen and oxygen atoms in total. The van der Waals surface area contributed by atoms with E-state index in [9.17, 15) is 10.4 Å². The molecule has 0 amide bonds. The van der Waals surface area contributed by atoms with E-state index in [1.165, 1.54) is 0 Å². The van der Waals surface area contributed by atoms with Gasteiger partial charge in [0.05, 0.1) is 17.4 Å². The van der Waals surface area contributed by atoms with Crippen LogP contribution in [-0.2, 0) is 0 Å². The highest BCUT2D eigenvalue weighted by Gasteiger charge is 2.26. The van der Waals surface area contributed by atoms with Gasteiger partial charge in [0.25, 0.3) is 0 Å². The molecule has 0 spiro atoms. The average Bonchev–Trinajstić information content (AvgIpc) is 2.76. The van der Waals surface area contributed by atoms with Crippen molar-refractivity contribution < 1.29 is 5.11 Å². The van der Waals surface area contributed by atoms with E-state index in [2.05, 4.69) is 6.07 Å². The minimum Gasteiger partial charge on any atom is -0.392 e. The summed E-state index contributed by atoms with van der Waals surface area (Å²) in [5.41, 5.74) is 4.37. The van der Waals surface area contributed by atoms with Crippen LogP contribution < -0.4 is 0 Å². The molecule has 1 heterocycles. The Labute approximate surface area is 170 Å². The molecule has 0 unspecified atom stereocenters. The molecule has 2 aromatic carbocycles. The third-order valence-electron chi connectivity index (χ3n) is 5.18. The predicted molar refractivity (Wildman–Crippen MR) is 114 cm³/mol. The Balaban J connectivity index is 1.84. The minimum absolute atomic E-state index is 0.0861. The molecule has 0 radical (unpaired) electrons. The van der Waals surface area contributed by atoms with Gasteiger partial charge in [-0.15, -0.1) is 0 Å². The quantitative estimate of drug-likeness (QED) is 0.626. The van der Waals surface area contributed by atoms with Gasteiger partial charge in [0.2, 0.25) is 0 Å². The van der Waals surface area contributed by atoms with E-state index in [1.807, 2.05) is 66.7 Å². The van der Waals surface area contributed by atoms with Gasteiger partial charge in [0.15, 0.2) is 0 Å². The SMILES string of the molecule is N#Cc1c(-c2ccccc2)cc(-c2ccccc2)nc1S[C@@H]1CCCC[C@@H]1O. The topological polar surface area (TPSA) is 56.9 Å². The first-order chi connectivity index (χ1) is 13.8. The first kappa shape index (κ1) is 18.7. The Morgan fingerprint density at radius 3 is 2.21 bits per heavy atom. The van der Waals surface area contributed by atoms with Crippen molar-refractivity contribution >= 4 is 11.8 Å². The first-order valence-corrected chi connectivity index (χ1v) is 10.5. The maximum atomic E-state index is 10.4. The van der Waals surface area contributed by atoms with Crippen LogP contribution in [0.3, 0.4) is 0 Å². The summed E-state index contributed by atoms with van der Waals surface area (Å²) >= 11 is 1.56. The standard InChI is InChI=1S/C24H22N2OS/c25-16-20-19(17-9-3-1-4-10-17)15-21(18-11-5-2-6-12-18)26-24(20)28-23-14-8-7-13-22(23)27/h1-6,9-12,15,22-23,27H,7-8,13-14H2/t22-,23+/m0/s1. The van der Waals surface area contributed by atoms with Crippen LogP contribution in [0.5, 0.6) is 0 Å². The fourth-order valence-corrected chi connectivity index (χ4v) is 4.96. The maximum Gasteiger partial charge on any atom is 0.116 e. The van der Waals surface area contributed by atoms with Crippen LogP contribution in [-0.4, -0.2) is 21.4 Å². The summed E-state index contributed by atoms with van der Waals surface area (Å²) in [6.45, 7) is 0. The van der Waals surface area contributed by atoms with Crippen molar-refractivity contribution in [1.82, 2.24) is 4.98 Å². The zero-order valence-electron chi connectivity index (χ0n) is 15.6. The molecule has 1 aliphatic carbocycles. The van der Waals surface area contributed by atoms with E-state index in [-0.39, 0.29) is 11.4 Å². The summed E-state index contributed by atoms with van der Waals surface area (Å²) in [6, 6.07) is 24.4. The van der Waals surface area contributed by atoms with Crippen molar-refractivity contribution in [2.45, 2.75) is 42.1 Å². The zero-order valence-corrected chi connectivity index (χ0v) is 16.4. The Bertz CT molecular complexity index is 983. The Kier molecular flexibility index (Phi) is 5.76. The van der Waals surface area contributed by atoms with Gasteiger partial charge in [-0.2, -0.15) is 5.26 Å². The van der Waals surface area contributed by atoms with Gasteiger partial charge >= 0.3 is 0 Å². The summed E-state index contributed by atoms with van der Waals surface area (Å²) in [6.07, 6.45) is 3.61. The molecule has 0 bridgehead atoms. The third-order valence-corrected chi connectivity index (χ3v) is 6.55. The summed E-state index contributed by atoms with van der Waals surface area (Å²) in [4.78, 5) is 4.86. The highest BCUT2D eigenvalue weighted by atomic mass is 32.2. The number of hydrogen-bond donors (Lipinski definition) is 1. The van der Waals surface area contributed by atoms with E-state index in [0.29, 0.717) is 10.6 Å². The van der Waals surface area contributed by atoms with Crippen molar-refractivity contribution in [3.63, 3.8) is 0 Å². The molecule has 28 heavy (non-hydrogen) atoms. The third kappa shape index (κ3) is 3.96. The Morgan fingerprint density at radius 2 is 1.57 bits per heavy atom. The minimum atomic E-state index is -0.340. The van der Waals surface area contributed by atoms with Crippen LogP contribution in [0, 0.1) is 11.3 Å². The van der Waals surface area contributed by atoms with Crippen LogP contribution in [0.4, 0.5) is 0 Å². The number of hydrogen-bond acceptors (Lipinski definition) is 4. The molecule has 1 aromatic heterocycles. The number of pyridine rings is 1. The van der Waals surface area contributed by atoms with E-state index in [4.69, 9.17) is 4.98 Å². The number of nitriles is 1. The summed E-state index contributed by atoms with van der Waals surface area (Å²) < 4.78 is 0. The highest BCUT2D eigenvalue weighted by Crippen LogP contribution is 2.39. The fourth-order valence-electron chi connectivity index (χ4n) is 3.68.